The highest BCUT2D eigenvalue weighted by Crippen LogP contribution is 2.04. The quantitative estimate of drug-likeness (QED) is 0.611. The van der Waals surface area contributed by atoms with Gasteiger partial charge in [-0.05, 0) is 13.3 Å². The molecule has 0 bridgehead atoms. The Morgan fingerprint density at radius 3 is 2.50 bits per heavy atom. The molecule has 0 aromatic rings. The van der Waals surface area contributed by atoms with E-state index in [1.807, 2.05) is 13.5 Å². The maximum absolute atomic E-state index is 10.7. The van der Waals surface area contributed by atoms with Gasteiger partial charge in [0.25, 0.3) is 0 Å². The number of carbonyl (C=O) groups is 1. The third-order valence-electron chi connectivity index (χ3n) is 1.78. The minimum atomic E-state index is -0.353. The molecule has 0 saturated heterocycles. The Morgan fingerprint density at radius 1 is 1.42 bits per heavy atom. The van der Waals surface area contributed by atoms with Crippen LogP contribution in [-0.4, -0.2) is 17.5 Å². The Morgan fingerprint density at radius 2 is 2.08 bits per heavy atom. The zero-order valence-electron chi connectivity index (χ0n) is 8.05. The lowest BCUT2D eigenvalue weighted by Gasteiger charge is -2.16. The van der Waals surface area contributed by atoms with E-state index in [4.69, 9.17) is 5.73 Å². The zero-order chi connectivity index (χ0) is 9.40. The first-order valence-corrected chi connectivity index (χ1v) is 4.61. The number of nitrogens with two attached hydrogens (primary N) is 1. The molecule has 0 aromatic carbocycles. The molecule has 0 aromatic heterocycles. The second-order valence-electron chi connectivity index (χ2n) is 2.80. The summed E-state index contributed by atoms with van der Waals surface area (Å²) in [5, 5.41) is 0. The van der Waals surface area contributed by atoms with Gasteiger partial charge in [-0.3, -0.25) is 0 Å². The molecule has 0 heterocycles. The van der Waals surface area contributed by atoms with Crippen LogP contribution in [0.15, 0.2) is 0 Å². The monoisotopic (exact) mass is 171 g/mol. The van der Waals surface area contributed by atoms with Crippen molar-refractivity contribution in [3.63, 3.8) is 0 Å². The number of rotatable bonds is 6. The minimum Gasteiger partial charge on any atom is -0.351 e. The molecule has 0 fully saturated rings. The third kappa shape index (κ3) is 4.99. The first-order valence-electron chi connectivity index (χ1n) is 4.61. The van der Waals surface area contributed by atoms with E-state index in [0.717, 1.165) is 12.8 Å². The molecule has 0 aliphatic heterocycles. The molecular weight excluding hydrogens is 152 g/mol. The standard InChI is InChI=1S/C9H19N2O/c1-3-5-6-7-8-11(4-2)9(10)12/h8H,3-7H2,1-2H3,(H2,10,12). The van der Waals surface area contributed by atoms with Crippen molar-refractivity contribution >= 4 is 6.03 Å². The number of amides is 2. The third-order valence-corrected chi connectivity index (χ3v) is 1.78. The summed E-state index contributed by atoms with van der Waals surface area (Å²) in [6, 6.07) is -0.353. The average molecular weight is 171 g/mol. The molecular formula is C9H19N2O. The molecule has 1 radical (unpaired) electrons. The molecule has 0 rings (SSSR count). The Kier molecular flexibility index (Phi) is 6.53. The maximum atomic E-state index is 10.7. The molecule has 0 unspecified atom stereocenters. The molecule has 0 spiro atoms. The van der Waals surface area contributed by atoms with Gasteiger partial charge in [-0.25, -0.2) is 4.79 Å². The van der Waals surface area contributed by atoms with Crippen molar-refractivity contribution in [2.24, 2.45) is 5.73 Å². The second-order valence-corrected chi connectivity index (χ2v) is 2.80. The maximum Gasteiger partial charge on any atom is 0.315 e. The molecule has 0 aliphatic rings. The SMILES string of the molecule is CCCCC[CH]N(CC)C(N)=O. The van der Waals surface area contributed by atoms with E-state index in [1.54, 1.807) is 4.90 Å². The van der Waals surface area contributed by atoms with Crippen LogP contribution in [0.4, 0.5) is 4.79 Å². The summed E-state index contributed by atoms with van der Waals surface area (Å²) in [5.41, 5.74) is 5.12. The topological polar surface area (TPSA) is 46.3 Å². The Bertz CT molecular complexity index is 126. The summed E-state index contributed by atoms with van der Waals surface area (Å²) < 4.78 is 0. The molecule has 2 amide bonds. The number of urea groups is 1. The van der Waals surface area contributed by atoms with Gasteiger partial charge in [0.1, 0.15) is 0 Å². The summed E-state index contributed by atoms with van der Waals surface area (Å²) in [5.74, 6) is 0. The van der Waals surface area contributed by atoms with E-state index >= 15 is 0 Å². The van der Waals surface area contributed by atoms with E-state index in [9.17, 15) is 4.79 Å². The Hall–Kier alpha value is -0.730. The van der Waals surface area contributed by atoms with Crippen molar-refractivity contribution in [3.8, 4) is 0 Å². The number of unbranched alkanes of at least 4 members (excludes halogenated alkanes) is 3. The van der Waals surface area contributed by atoms with Gasteiger partial charge < -0.3 is 10.6 Å². The summed E-state index contributed by atoms with van der Waals surface area (Å²) in [7, 11) is 0. The normalized spacial score (nSPS) is 9.83. The number of primary amides is 1. The molecule has 0 saturated carbocycles. The minimum absolute atomic E-state index is 0.353. The van der Waals surface area contributed by atoms with Crippen molar-refractivity contribution in [2.75, 3.05) is 6.54 Å². The van der Waals surface area contributed by atoms with Gasteiger partial charge in [0.05, 0.1) is 6.54 Å². The zero-order valence-corrected chi connectivity index (χ0v) is 8.05. The lowest BCUT2D eigenvalue weighted by molar-refractivity contribution is 0.219. The average Bonchev–Trinajstić information content (AvgIpc) is 2.04. The van der Waals surface area contributed by atoms with Crippen molar-refractivity contribution in [3.05, 3.63) is 6.54 Å². The van der Waals surface area contributed by atoms with Crippen molar-refractivity contribution in [1.29, 1.82) is 0 Å². The van der Waals surface area contributed by atoms with Crippen LogP contribution in [-0.2, 0) is 0 Å². The fraction of sp³-hybridized carbons (Fsp3) is 0.778. The van der Waals surface area contributed by atoms with Gasteiger partial charge in [0.15, 0.2) is 0 Å². The predicted molar refractivity (Wildman–Crippen MR) is 50.4 cm³/mol. The summed E-state index contributed by atoms with van der Waals surface area (Å²) >= 11 is 0. The van der Waals surface area contributed by atoms with Gasteiger partial charge >= 0.3 is 6.03 Å². The molecule has 3 nitrogen and oxygen atoms in total. The fourth-order valence-corrected chi connectivity index (χ4v) is 1.02. The molecule has 3 heteroatoms. The first-order chi connectivity index (χ1) is 5.72. The van der Waals surface area contributed by atoms with Gasteiger partial charge in [-0.1, -0.05) is 26.2 Å². The van der Waals surface area contributed by atoms with Crippen molar-refractivity contribution in [1.82, 2.24) is 4.90 Å². The number of hydrogen-bond acceptors (Lipinski definition) is 1. The van der Waals surface area contributed by atoms with Crippen LogP contribution in [0, 0.1) is 6.54 Å². The van der Waals surface area contributed by atoms with Crippen molar-refractivity contribution < 1.29 is 4.79 Å². The number of carbonyl (C=O) groups excluding carboxylic acids is 1. The number of nitrogens with zero attached hydrogens (tertiary/aromatic N) is 1. The van der Waals surface area contributed by atoms with E-state index in [0.29, 0.717) is 6.54 Å². The largest absolute Gasteiger partial charge is 0.351 e. The second kappa shape index (κ2) is 6.95. The first kappa shape index (κ1) is 11.3. The summed E-state index contributed by atoms with van der Waals surface area (Å²) in [6.45, 7) is 6.63. The molecule has 0 aliphatic carbocycles. The molecule has 12 heavy (non-hydrogen) atoms. The van der Waals surface area contributed by atoms with Gasteiger partial charge in [0.2, 0.25) is 0 Å². The summed E-state index contributed by atoms with van der Waals surface area (Å²) in [4.78, 5) is 12.3. The fourth-order valence-electron chi connectivity index (χ4n) is 1.02. The predicted octanol–water partition coefficient (Wildman–Crippen LogP) is 2.13. The van der Waals surface area contributed by atoms with Crippen LogP contribution in [0.25, 0.3) is 0 Å². The van der Waals surface area contributed by atoms with E-state index < -0.39 is 0 Å². The van der Waals surface area contributed by atoms with Crippen molar-refractivity contribution in [2.45, 2.75) is 39.5 Å². The van der Waals surface area contributed by atoms with Crippen LogP contribution in [0.2, 0.25) is 0 Å². The van der Waals surface area contributed by atoms with Crippen LogP contribution in [0.3, 0.4) is 0 Å². The van der Waals surface area contributed by atoms with Gasteiger partial charge in [0, 0.05) is 6.54 Å². The van der Waals surface area contributed by atoms with E-state index in [1.165, 1.54) is 12.8 Å². The Balaban J connectivity index is 3.38. The lowest BCUT2D eigenvalue weighted by atomic mass is 10.2. The highest BCUT2D eigenvalue weighted by atomic mass is 16.2. The highest BCUT2D eigenvalue weighted by molar-refractivity contribution is 5.72. The van der Waals surface area contributed by atoms with Crippen LogP contribution >= 0.6 is 0 Å². The molecule has 0 atom stereocenters. The highest BCUT2D eigenvalue weighted by Gasteiger charge is 2.05. The number of hydrogen-bond donors (Lipinski definition) is 1. The van der Waals surface area contributed by atoms with Gasteiger partial charge in [-0.2, -0.15) is 0 Å². The smallest absolute Gasteiger partial charge is 0.315 e. The van der Waals surface area contributed by atoms with Crippen LogP contribution in [0.1, 0.15) is 39.5 Å². The van der Waals surface area contributed by atoms with E-state index in [2.05, 4.69) is 6.92 Å². The molecule has 2 N–H and O–H groups in total. The summed E-state index contributed by atoms with van der Waals surface area (Å²) in [6.07, 6.45) is 4.51. The van der Waals surface area contributed by atoms with E-state index in [-0.39, 0.29) is 6.03 Å². The Labute approximate surface area is 74.9 Å². The van der Waals surface area contributed by atoms with Crippen LogP contribution < -0.4 is 5.73 Å². The lowest BCUT2D eigenvalue weighted by Crippen LogP contribution is -2.33. The van der Waals surface area contributed by atoms with Gasteiger partial charge in [-0.15, -0.1) is 0 Å². The molecule has 71 valence electrons. The van der Waals surface area contributed by atoms with Crippen LogP contribution in [0.5, 0.6) is 0 Å².